The predicted molar refractivity (Wildman–Crippen MR) is 90.7 cm³/mol. The zero-order valence-electron chi connectivity index (χ0n) is 13.1. The van der Waals surface area contributed by atoms with Crippen LogP contribution >= 0.6 is 11.3 Å². The van der Waals surface area contributed by atoms with Crippen LogP contribution in [0.5, 0.6) is 0 Å². The summed E-state index contributed by atoms with van der Waals surface area (Å²) in [6.07, 6.45) is 1.72. The number of aromatic nitrogens is 1. The average molecular weight is 317 g/mol. The minimum absolute atomic E-state index is 0.0118. The second kappa shape index (κ2) is 8.06. The highest BCUT2D eigenvalue weighted by Gasteiger charge is 2.21. The highest BCUT2D eigenvalue weighted by Crippen LogP contribution is 2.19. The minimum Gasteiger partial charge on any atom is -0.355 e. The van der Waals surface area contributed by atoms with Crippen molar-refractivity contribution in [2.75, 3.05) is 6.54 Å². The molecule has 0 aliphatic rings. The van der Waals surface area contributed by atoms with Crippen LogP contribution in [-0.2, 0) is 17.6 Å². The molecule has 1 aromatic carbocycles. The number of benzene rings is 1. The highest BCUT2D eigenvalue weighted by molar-refractivity contribution is 7.09. The molecule has 1 amide bonds. The lowest BCUT2D eigenvalue weighted by atomic mass is 9.94. The Morgan fingerprint density at radius 2 is 2.09 bits per heavy atom. The molecule has 2 atom stereocenters. The number of thiazole rings is 1. The molecule has 0 saturated heterocycles. The van der Waals surface area contributed by atoms with Gasteiger partial charge in [0.2, 0.25) is 5.91 Å². The van der Waals surface area contributed by atoms with Gasteiger partial charge < -0.3 is 11.1 Å². The van der Waals surface area contributed by atoms with Gasteiger partial charge in [-0.3, -0.25) is 4.79 Å². The van der Waals surface area contributed by atoms with Gasteiger partial charge in [-0.15, -0.1) is 11.3 Å². The van der Waals surface area contributed by atoms with Gasteiger partial charge in [-0.2, -0.15) is 0 Å². The lowest BCUT2D eigenvalue weighted by molar-refractivity contribution is -0.125. The summed E-state index contributed by atoms with van der Waals surface area (Å²) in [6.45, 7) is 4.56. The maximum absolute atomic E-state index is 12.2. The lowest BCUT2D eigenvalue weighted by Gasteiger charge is -2.19. The van der Waals surface area contributed by atoms with E-state index in [0.717, 1.165) is 29.1 Å². The molecular formula is C17H23N3OS. The molecule has 4 nitrogen and oxygen atoms in total. The molecule has 0 aliphatic carbocycles. The number of hydrogen-bond acceptors (Lipinski definition) is 4. The van der Waals surface area contributed by atoms with Gasteiger partial charge in [0.15, 0.2) is 0 Å². The average Bonchev–Trinajstić information content (AvgIpc) is 3.02. The van der Waals surface area contributed by atoms with Crippen LogP contribution in [0.2, 0.25) is 0 Å². The number of aryl methyl sites for hydroxylation is 1. The summed E-state index contributed by atoms with van der Waals surface area (Å²) in [7, 11) is 0. The van der Waals surface area contributed by atoms with Crippen molar-refractivity contribution in [3.63, 3.8) is 0 Å². The van der Waals surface area contributed by atoms with Crippen molar-refractivity contribution >= 4 is 17.2 Å². The number of carbonyl (C=O) groups excluding carboxylic acids is 1. The summed E-state index contributed by atoms with van der Waals surface area (Å²) in [5.41, 5.74) is 8.20. The second-order valence-electron chi connectivity index (χ2n) is 5.35. The minimum atomic E-state index is -0.285. The third kappa shape index (κ3) is 4.39. The Hall–Kier alpha value is -1.72. The van der Waals surface area contributed by atoms with Crippen LogP contribution in [-0.4, -0.2) is 17.4 Å². The fraction of sp³-hybridized carbons (Fsp3) is 0.412. The summed E-state index contributed by atoms with van der Waals surface area (Å²) in [5, 5.41) is 6.15. The Bertz CT molecular complexity index is 597. The maximum atomic E-state index is 12.2. The van der Waals surface area contributed by atoms with Crippen molar-refractivity contribution in [2.45, 2.75) is 32.7 Å². The zero-order valence-corrected chi connectivity index (χ0v) is 13.9. The standard InChI is InChI=1S/C17H23N3OS/c1-3-15-20-14(11-22-15)9-10-19-17(21)12(2)16(18)13-7-5-4-6-8-13/h4-8,11-12,16H,3,9-10,18H2,1-2H3,(H,19,21). The van der Waals surface area contributed by atoms with Crippen LogP contribution in [0.25, 0.3) is 0 Å². The van der Waals surface area contributed by atoms with E-state index in [-0.39, 0.29) is 17.9 Å². The number of carbonyl (C=O) groups is 1. The molecule has 2 unspecified atom stereocenters. The molecule has 5 heteroatoms. The Balaban J connectivity index is 1.81. The Morgan fingerprint density at radius 3 is 2.73 bits per heavy atom. The van der Waals surface area contributed by atoms with Crippen LogP contribution < -0.4 is 11.1 Å². The van der Waals surface area contributed by atoms with E-state index in [2.05, 4.69) is 22.6 Å². The zero-order chi connectivity index (χ0) is 15.9. The van der Waals surface area contributed by atoms with Gasteiger partial charge in [0, 0.05) is 24.4 Å². The van der Waals surface area contributed by atoms with Gasteiger partial charge in [0.25, 0.3) is 0 Å². The molecule has 22 heavy (non-hydrogen) atoms. The van der Waals surface area contributed by atoms with Crippen molar-refractivity contribution in [2.24, 2.45) is 11.7 Å². The van der Waals surface area contributed by atoms with E-state index >= 15 is 0 Å². The van der Waals surface area contributed by atoms with E-state index in [9.17, 15) is 4.79 Å². The van der Waals surface area contributed by atoms with Crippen LogP contribution in [0, 0.1) is 5.92 Å². The summed E-state index contributed by atoms with van der Waals surface area (Å²) in [4.78, 5) is 16.7. The van der Waals surface area contributed by atoms with Gasteiger partial charge in [-0.1, -0.05) is 44.2 Å². The van der Waals surface area contributed by atoms with Crippen molar-refractivity contribution < 1.29 is 4.79 Å². The highest BCUT2D eigenvalue weighted by atomic mass is 32.1. The first-order valence-corrected chi connectivity index (χ1v) is 8.51. The largest absolute Gasteiger partial charge is 0.355 e. The van der Waals surface area contributed by atoms with E-state index < -0.39 is 0 Å². The van der Waals surface area contributed by atoms with Crippen molar-refractivity contribution in [1.29, 1.82) is 0 Å². The normalized spacial score (nSPS) is 13.6. The van der Waals surface area contributed by atoms with Crippen LogP contribution in [0.4, 0.5) is 0 Å². The molecule has 0 spiro atoms. The number of nitrogens with two attached hydrogens (primary N) is 1. The Labute approximate surface area is 135 Å². The molecule has 1 heterocycles. The SMILES string of the molecule is CCc1nc(CCNC(=O)C(C)C(N)c2ccccc2)cs1. The van der Waals surface area contributed by atoms with E-state index in [1.165, 1.54) is 0 Å². The van der Waals surface area contributed by atoms with Crippen molar-refractivity contribution in [1.82, 2.24) is 10.3 Å². The first-order valence-electron chi connectivity index (χ1n) is 7.63. The first kappa shape index (κ1) is 16.6. The predicted octanol–water partition coefficient (Wildman–Crippen LogP) is 2.70. The number of nitrogens with zero attached hydrogens (tertiary/aromatic N) is 1. The Morgan fingerprint density at radius 1 is 1.36 bits per heavy atom. The third-order valence-corrected chi connectivity index (χ3v) is 4.76. The molecule has 1 aromatic heterocycles. The number of rotatable bonds is 7. The fourth-order valence-corrected chi connectivity index (χ4v) is 3.01. The molecule has 0 saturated carbocycles. The number of nitrogens with one attached hydrogen (secondary N) is 1. The summed E-state index contributed by atoms with van der Waals surface area (Å²) in [5.74, 6) is -0.272. The molecule has 0 fully saturated rings. The van der Waals surface area contributed by atoms with Crippen molar-refractivity contribution in [3.05, 3.63) is 52.0 Å². The van der Waals surface area contributed by atoms with Gasteiger partial charge in [-0.25, -0.2) is 4.98 Å². The topological polar surface area (TPSA) is 68.0 Å². The van der Waals surface area contributed by atoms with E-state index in [1.807, 2.05) is 37.3 Å². The number of amides is 1. The molecule has 2 aromatic rings. The maximum Gasteiger partial charge on any atom is 0.224 e. The molecule has 0 aliphatic heterocycles. The molecule has 0 bridgehead atoms. The molecule has 0 radical (unpaired) electrons. The van der Waals surface area contributed by atoms with Gasteiger partial charge in [0.1, 0.15) is 0 Å². The van der Waals surface area contributed by atoms with E-state index in [0.29, 0.717) is 6.54 Å². The second-order valence-corrected chi connectivity index (χ2v) is 6.29. The molecule has 2 rings (SSSR count). The van der Waals surface area contributed by atoms with E-state index in [4.69, 9.17) is 5.73 Å². The quantitative estimate of drug-likeness (QED) is 0.825. The van der Waals surface area contributed by atoms with Crippen LogP contribution in [0.15, 0.2) is 35.7 Å². The smallest absolute Gasteiger partial charge is 0.224 e. The van der Waals surface area contributed by atoms with Gasteiger partial charge >= 0.3 is 0 Å². The van der Waals surface area contributed by atoms with Gasteiger partial charge in [-0.05, 0) is 12.0 Å². The van der Waals surface area contributed by atoms with Crippen LogP contribution in [0.1, 0.15) is 36.2 Å². The van der Waals surface area contributed by atoms with Gasteiger partial charge in [0.05, 0.1) is 16.6 Å². The molecule has 3 N–H and O–H groups in total. The van der Waals surface area contributed by atoms with Crippen LogP contribution in [0.3, 0.4) is 0 Å². The monoisotopic (exact) mass is 317 g/mol. The fourth-order valence-electron chi connectivity index (χ4n) is 2.23. The first-order chi connectivity index (χ1) is 10.6. The van der Waals surface area contributed by atoms with Crippen molar-refractivity contribution in [3.8, 4) is 0 Å². The summed E-state index contributed by atoms with van der Waals surface area (Å²) in [6, 6.07) is 9.44. The summed E-state index contributed by atoms with van der Waals surface area (Å²) < 4.78 is 0. The van der Waals surface area contributed by atoms with E-state index in [1.54, 1.807) is 11.3 Å². The summed E-state index contributed by atoms with van der Waals surface area (Å²) >= 11 is 1.67. The Kier molecular flexibility index (Phi) is 6.10. The molecular weight excluding hydrogens is 294 g/mol. The lowest BCUT2D eigenvalue weighted by Crippen LogP contribution is -2.36. The number of hydrogen-bond donors (Lipinski definition) is 2. The molecule has 118 valence electrons. The third-order valence-electron chi connectivity index (χ3n) is 3.72.